The van der Waals surface area contributed by atoms with Crippen molar-refractivity contribution < 1.29 is 4.79 Å². The lowest BCUT2D eigenvalue weighted by molar-refractivity contribution is -0.120. The van der Waals surface area contributed by atoms with Gasteiger partial charge in [-0.3, -0.25) is 9.78 Å². The first-order chi connectivity index (χ1) is 8.34. The molecule has 2 aromatic rings. The predicted molar refractivity (Wildman–Crippen MR) is 68.0 cm³/mol. The van der Waals surface area contributed by atoms with Crippen molar-refractivity contribution in [1.82, 2.24) is 10.4 Å². The lowest BCUT2D eigenvalue weighted by Gasteiger charge is -1.96. The average Bonchev–Trinajstić information content (AvgIpc) is 2.83. The Bertz CT molecular complexity index is 494. The third kappa shape index (κ3) is 3.81. The smallest absolute Gasteiger partial charge is 0.245 e. The van der Waals surface area contributed by atoms with E-state index in [1.165, 1.54) is 0 Å². The van der Waals surface area contributed by atoms with Gasteiger partial charge in [-0.15, -0.1) is 11.3 Å². The van der Waals surface area contributed by atoms with E-state index in [9.17, 15) is 4.79 Å². The highest BCUT2D eigenvalue weighted by molar-refractivity contribution is 7.10. The van der Waals surface area contributed by atoms with E-state index in [1.807, 2.05) is 29.6 Å². The van der Waals surface area contributed by atoms with Gasteiger partial charge in [-0.1, -0.05) is 6.07 Å². The third-order valence-electron chi connectivity index (χ3n) is 2.02. The largest absolute Gasteiger partial charge is 0.273 e. The van der Waals surface area contributed by atoms with Crippen molar-refractivity contribution in [3.8, 4) is 0 Å². The summed E-state index contributed by atoms with van der Waals surface area (Å²) in [7, 11) is 0. The molecule has 4 nitrogen and oxygen atoms in total. The number of carbonyl (C=O) groups is 1. The molecule has 17 heavy (non-hydrogen) atoms. The van der Waals surface area contributed by atoms with Crippen LogP contribution in [0.2, 0.25) is 0 Å². The summed E-state index contributed by atoms with van der Waals surface area (Å²) in [6, 6.07) is 7.48. The van der Waals surface area contributed by atoms with Crippen LogP contribution in [0.4, 0.5) is 0 Å². The monoisotopic (exact) mass is 245 g/mol. The summed E-state index contributed by atoms with van der Waals surface area (Å²) >= 11 is 1.56. The van der Waals surface area contributed by atoms with Crippen LogP contribution in [0.15, 0.2) is 47.1 Å². The van der Waals surface area contributed by atoms with Gasteiger partial charge in [0.05, 0.1) is 12.6 Å². The Labute approximate surface area is 103 Å². The summed E-state index contributed by atoms with van der Waals surface area (Å²) in [5.41, 5.74) is 3.39. The van der Waals surface area contributed by atoms with Crippen LogP contribution in [-0.2, 0) is 11.2 Å². The second-order valence-electron chi connectivity index (χ2n) is 3.33. The van der Waals surface area contributed by atoms with Crippen molar-refractivity contribution in [2.75, 3.05) is 0 Å². The molecule has 86 valence electrons. The van der Waals surface area contributed by atoms with E-state index < -0.39 is 0 Å². The van der Waals surface area contributed by atoms with Gasteiger partial charge in [-0.05, 0) is 29.1 Å². The zero-order valence-electron chi connectivity index (χ0n) is 9.04. The van der Waals surface area contributed by atoms with Gasteiger partial charge < -0.3 is 0 Å². The second-order valence-corrected chi connectivity index (χ2v) is 4.36. The number of aromatic nitrogens is 1. The van der Waals surface area contributed by atoms with Crippen molar-refractivity contribution in [3.05, 3.63) is 52.5 Å². The van der Waals surface area contributed by atoms with Crippen LogP contribution in [0.3, 0.4) is 0 Å². The Kier molecular flexibility index (Phi) is 3.99. The molecule has 0 bridgehead atoms. The molecule has 0 fully saturated rings. The van der Waals surface area contributed by atoms with Crippen LogP contribution >= 0.6 is 11.3 Å². The number of thiophene rings is 1. The minimum absolute atomic E-state index is 0.113. The van der Waals surface area contributed by atoms with Crippen molar-refractivity contribution >= 4 is 23.5 Å². The molecule has 0 unspecified atom stereocenters. The van der Waals surface area contributed by atoms with E-state index >= 15 is 0 Å². The summed E-state index contributed by atoms with van der Waals surface area (Å²) in [5.74, 6) is -0.113. The lowest BCUT2D eigenvalue weighted by Crippen LogP contribution is -2.19. The molecule has 2 aromatic heterocycles. The Balaban J connectivity index is 1.82. The van der Waals surface area contributed by atoms with E-state index in [0.29, 0.717) is 6.42 Å². The van der Waals surface area contributed by atoms with Gasteiger partial charge in [-0.25, -0.2) is 5.43 Å². The Hall–Kier alpha value is -2.01. The number of nitrogens with zero attached hydrogens (tertiary/aromatic N) is 2. The quantitative estimate of drug-likeness (QED) is 0.660. The predicted octanol–water partition coefficient (Wildman–Crippen LogP) is 1.84. The van der Waals surface area contributed by atoms with Crippen LogP contribution in [0, 0.1) is 0 Å². The fourth-order valence-corrected chi connectivity index (χ4v) is 1.94. The maximum absolute atomic E-state index is 11.5. The van der Waals surface area contributed by atoms with Crippen LogP contribution in [0.1, 0.15) is 10.4 Å². The first kappa shape index (κ1) is 11.5. The summed E-state index contributed by atoms with van der Waals surface area (Å²) in [6.07, 6.45) is 5.31. The van der Waals surface area contributed by atoms with Gasteiger partial charge >= 0.3 is 0 Å². The Morgan fingerprint density at radius 1 is 1.41 bits per heavy atom. The zero-order chi connectivity index (χ0) is 11.9. The van der Waals surface area contributed by atoms with Gasteiger partial charge in [0.1, 0.15) is 0 Å². The topological polar surface area (TPSA) is 54.4 Å². The van der Waals surface area contributed by atoms with Crippen LogP contribution in [-0.4, -0.2) is 17.1 Å². The molecule has 5 heteroatoms. The van der Waals surface area contributed by atoms with E-state index in [-0.39, 0.29) is 5.91 Å². The number of carbonyl (C=O) groups excluding carboxylic acids is 1. The molecule has 0 aliphatic rings. The molecule has 1 N–H and O–H groups in total. The van der Waals surface area contributed by atoms with E-state index in [2.05, 4.69) is 15.5 Å². The normalized spacial score (nSPS) is 10.6. The van der Waals surface area contributed by atoms with Crippen LogP contribution < -0.4 is 5.43 Å². The van der Waals surface area contributed by atoms with Crippen molar-refractivity contribution in [2.24, 2.45) is 5.10 Å². The fourth-order valence-electron chi connectivity index (χ4n) is 1.24. The number of hydrogen-bond acceptors (Lipinski definition) is 4. The minimum atomic E-state index is -0.113. The molecule has 0 spiro atoms. The molecule has 0 aliphatic carbocycles. The molecule has 0 radical (unpaired) electrons. The molecule has 1 amide bonds. The number of hydrogen-bond donors (Lipinski definition) is 1. The Morgan fingerprint density at radius 2 is 2.24 bits per heavy atom. The Morgan fingerprint density at radius 3 is 2.94 bits per heavy atom. The van der Waals surface area contributed by atoms with E-state index in [0.717, 1.165) is 10.4 Å². The maximum Gasteiger partial charge on any atom is 0.245 e. The summed E-state index contributed by atoms with van der Waals surface area (Å²) in [4.78, 5) is 16.4. The standard InChI is InChI=1S/C12H11N3OS/c16-12(8-11-2-1-7-17-11)15-14-9-10-3-5-13-6-4-10/h1-7,9H,8H2,(H,15,16)/b14-9-. The number of nitrogens with one attached hydrogen (secondary N) is 1. The minimum Gasteiger partial charge on any atom is -0.273 e. The highest BCUT2D eigenvalue weighted by Gasteiger charge is 2.01. The maximum atomic E-state index is 11.5. The number of amides is 1. The molecule has 0 atom stereocenters. The van der Waals surface area contributed by atoms with Gasteiger partial charge in [0.25, 0.3) is 0 Å². The second kappa shape index (κ2) is 5.91. The van der Waals surface area contributed by atoms with Gasteiger partial charge in [0.2, 0.25) is 5.91 Å². The van der Waals surface area contributed by atoms with Crippen LogP contribution in [0.25, 0.3) is 0 Å². The number of rotatable bonds is 4. The van der Waals surface area contributed by atoms with E-state index in [4.69, 9.17) is 0 Å². The highest BCUT2D eigenvalue weighted by Crippen LogP contribution is 2.08. The third-order valence-corrected chi connectivity index (χ3v) is 2.90. The summed E-state index contributed by atoms with van der Waals surface area (Å²) in [5, 5.41) is 5.82. The van der Waals surface area contributed by atoms with E-state index in [1.54, 1.807) is 29.9 Å². The molecular formula is C12H11N3OS. The van der Waals surface area contributed by atoms with Crippen molar-refractivity contribution in [1.29, 1.82) is 0 Å². The van der Waals surface area contributed by atoms with Gasteiger partial charge in [0.15, 0.2) is 0 Å². The SMILES string of the molecule is O=C(Cc1cccs1)N/N=C\c1ccncc1. The number of hydrazone groups is 1. The molecule has 2 heterocycles. The number of pyridine rings is 1. The molecular weight excluding hydrogens is 234 g/mol. The van der Waals surface area contributed by atoms with Crippen molar-refractivity contribution in [2.45, 2.75) is 6.42 Å². The average molecular weight is 245 g/mol. The highest BCUT2D eigenvalue weighted by atomic mass is 32.1. The van der Waals surface area contributed by atoms with Crippen molar-refractivity contribution in [3.63, 3.8) is 0 Å². The first-order valence-corrected chi connectivity index (χ1v) is 5.97. The molecule has 2 rings (SSSR count). The molecule has 0 saturated heterocycles. The lowest BCUT2D eigenvalue weighted by atomic mass is 10.3. The van der Waals surface area contributed by atoms with Gasteiger partial charge in [0, 0.05) is 17.3 Å². The molecule has 0 aliphatic heterocycles. The summed E-state index contributed by atoms with van der Waals surface area (Å²) < 4.78 is 0. The van der Waals surface area contributed by atoms with Crippen LogP contribution in [0.5, 0.6) is 0 Å². The molecule has 0 saturated carbocycles. The summed E-state index contributed by atoms with van der Waals surface area (Å²) in [6.45, 7) is 0. The first-order valence-electron chi connectivity index (χ1n) is 5.09. The van der Waals surface area contributed by atoms with Gasteiger partial charge in [-0.2, -0.15) is 5.10 Å². The molecule has 0 aromatic carbocycles. The zero-order valence-corrected chi connectivity index (χ0v) is 9.85. The fraction of sp³-hybridized carbons (Fsp3) is 0.0833.